The van der Waals surface area contributed by atoms with Crippen molar-refractivity contribution >= 4 is 5.78 Å². The first-order chi connectivity index (χ1) is 9.58. The summed E-state index contributed by atoms with van der Waals surface area (Å²) in [5.41, 5.74) is 2.98. The normalized spacial score (nSPS) is 10.6. The van der Waals surface area contributed by atoms with Crippen molar-refractivity contribution < 1.29 is 9.53 Å². The van der Waals surface area contributed by atoms with E-state index in [2.05, 4.69) is 13.8 Å². The lowest BCUT2D eigenvalue weighted by Crippen LogP contribution is -2.12. The van der Waals surface area contributed by atoms with Crippen molar-refractivity contribution in [1.82, 2.24) is 0 Å². The van der Waals surface area contributed by atoms with Crippen LogP contribution in [0.1, 0.15) is 41.3 Å². The van der Waals surface area contributed by atoms with Crippen LogP contribution in [0.4, 0.5) is 0 Å². The molecule has 0 bridgehead atoms. The first kappa shape index (κ1) is 14.3. The molecule has 0 heterocycles. The molecule has 2 aromatic rings. The third-order valence-electron chi connectivity index (χ3n) is 3.36. The minimum absolute atomic E-state index is 0.0102. The van der Waals surface area contributed by atoms with Crippen LogP contribution in [0.25, 0.3) is 0 Å². The van der Waals surface area contributed by atoms with Gasteiger partial charge in [0.2, 0.25) is 0 Å². The monoisotopic (exact) mass is 268 g/mol. The number of ether oxygens (including phenoxy) is 1. The van der Waals surface area contributed by atoms with Crippen LogP contribution in [-0.4, -0.2) is 12.4 Å². The highest BCUT2D eigenvalue weighted by Crippen LogP contribution is 2.19. The van der Waals surface area contributed by atoms with Gasteiger partial charge in [0, 0.05) is 5.56 Å². The molecule has 0 aromatic heterocycles. The Morgan fingerprint density at radius 3 is 2.30 bits per heavy atom. The van der Waals surface area contributed by atoms with E-state index < -0.39 is 0 Å². The fourth-order valence-electron chi connectivity index (χ4n) is 2.06. The molecule has 0 aliphatic carbocycles. The molecule has 0 spiro atoms. The van der Waals surface area contributed by atoms with Crippen LogP contribution in [-0.2, 0) is 0 Å². The molecule has 0 unspecified atom stereocenters. The maximum absolute atomic E-state index is 12.1. The summed E-state index contributed by atoms with van der Waals surface area (Å²) in [6, 6.07) is 15.5. The lowest BCUT2D eigenvalue weighted by Gasteiger charge is -2.09. The Balaban J connectivity index is 1.98. The lowest BCUT2D eigenvalue weighted by atomic mass is 10.0. The number of Topliss-reactive ketones (excluding diaryl/α,β-unsaturated/α-hetero) is 1. The molecule has 0 saturated heterocycles. The fourth-order valence-corrected chi connectivity index (χ4v) is 2.06. The molecule has 2 aromatic carbocycles. The summed E-state index contributed by atoms with van der Waals surface area (Å²) >= 11 is 0. The third-order valence-corrected chi connectivity index (χ3v) is 3.36. The predicted octanol–water partition coefficient (Wildman–Crippen LogP) is 4.38. The highest BCUT2D eigenvalue weighted by atomic mass is 16.5. The molecule has 2 rings (SSSR count). The van der Waals surface area contributed by atoms with Crippen LogP contribution in [0.15, 0.2) is 48.5 Å². The minimum Gasteiger partial charge on any atom is -0.485 e. The van der Waals surface area contributed by atoms with Crippen molar-refractivity contribution in [2.45, 2.75) is 26.7 Å². The molecule has 20 heavy (non-hydrogen) atoms. The van der Waals surface area contributed by atoms with Gasteiger partial charge in [-0.2, -0.15) is 0 Å². The standard InChI is InChI=1S/C18H20O2/c1-13(2)15-8-10-16(11-9-15)20-12-18(19)17-7-5-4-6-14(17)3/h4-11,13H,12H2,1-3H3. The third kappa shape index (κ3) is 3.47. The topological polar surface area (TPSA) is 26.3 Å². The van der Waals surface area contributed by atoms with Gasteiger partial charge in [-0.3, -0.25) is 4.79 Å². The van der Waals surface area contributed by atoms with Crippen molar-refractivity contribution in [2.75, 3.05) is 6.61 Å². The quantitative estimate of drug-likeness (QED) is 0.752. The molecule has 0 aliphatic heterocycles. The lowest BCUT2D eigenvalue weighted by molar-refractivity contribution is 0.0921. The average Bonchev–Trinajstić information content (AvgIpc) is 2.45. The first-order valence-electron chi connectivity index (χ1n) is 6.89. The van der Waals surface area contributed by atoms with Gasteiger partial charge in [0.25, 0.3) is 0 Å². The van der Waals surface area contributed by atoms with Gasteiger partial charge in [0.15, 0.2) is 12.4 Å². The fraction of sp³-hybridized carbons (Fsp3) is 0.278. The summed E-state index contributed by atoms with van der Waals surface area (Å²) in [6.07, 6.45) is 0. The van der Waals surface area contributed by atoms with Gasteiger partial charge >= 0.3 is 0 Å². The Bertz CT molecular complexity index is 583. The Hall–Kier alpha value is -2.09. The number of carbonyl (C=O) groups is 1. The summed E-state index contributed by atoms with van der Waals surface area (Å²) in [7, 11) is 0. The van der Waals surface area contributed by atoms with Crippen LogP contribution in [0.3, 0.4) is 0 Å². The summed E-state index contributed by atoms with van der Waals surface area (Å²) in [5.74, 6) is 1.24. The number of benzene rings is 2. The smallest absolute Gasteiger partial charge is 0.200 e. The Labute approximate surface area is 120 Å². The maximum atomic E-state index is 12.1. The number of hydrogen-bond acceptors (Lipinski definition) is 2. The maximum Gasteiger partial charge on any atom is 0.200 e. The van der Waals surface area contributed by atoms with Gasteiger partial charge in [-0.05, 0) is 36.1 Å². The SMILES string of the molecule is Cc1ccccc1C(=O)COc1ccc(C(C)C)cc1. The minimum atomic E-state index is 0.0102. The molecule has 2 heteroatoms. The number of rotatable bonds is 5. The van der Waals surface area contributed by atoms with Crippen molar-refractivity contribution in [3.63, 3.8) is 0 Å². The van der Waals surface area contributed by atoms with E-state index in [4.69, 9.17) is 4.74 Å². The summed E-state index contributed by atoms with van der Waals surface area (Å²) in [6.45, 7) is 6.31. The van der Waals surface area contributed by atoms with Gasteiger partial charge in [-0.25, -0.2) is 0 Å². The van der Waals surface area contributed by atoms with Crippen LogP contribution in [0, 0.1) is 6.92 Å². The van der Waals surface area contributed by atoms with E-state index in [9.17, 15) is 4.79 Å². The highest BCUT2D eigenvalue weighted by Gasteiger charge is 2.09. The second-order valence-corrected chi connectivity index (χ2v) is 5.25. The molecule has 0 aliphatic rings. The summed E-state index contributed by atoms with van der Waals surface area (Å²) < 4.78 is 5.56. The molecule has 2 nitrogen and oxygen atoms in total. The van der Waals surface area contributed by atoms with Crippen molar-refractivity contribution in [1.29, 1.82) is 0 Å². The molecule has 0 amide bonds. The summed E-state index contributed by atoms with van der Waals surface area (Å²) in [5, 5.41) is 0. The second-order valence-electron chi connectivity index (χ2n) is 5.25. The first-order valence-corrected chi connectivity index (χ1v) is 6.89. The van der Waals surface area contributed by atoms with E-state index in [0.717, 1.165) is 16.9 Å². The van der Waals surface area contributed by atoms with Crippen LogP contribution in [0.2, 0.25) is 0 Å². The second kappa shape index (κ2) is 6.38. The van der Waals surface area contributed by atoms with E-state index >= 15 is 0 Å². The average molecular weight is 268 g/mol. The van der Waals surface area contributed by atoms with Crippen molar-refractivity contribution in [3.05, 3.63) is 65.2 Å². The number of carbonyl (C=O) groups excluding carboxylic acids is 1. The summed E-state index contributed by atoms with van der Waals surface area (Å²) in [4.78, 5) is 12.1. The molecule has 0 N–H and O–H groups in total. The molecule has 0 atom stereocenters. The Morgan fingerprint density at radius 1 is 1.05 bits per heavy atom. The molecular formula is C18H20O2. The molecule has 0 radical (unpaired) electrons. The van der Waals surface area contributed by atoms with E-state index in [-0.39, 0.29) is 12.4 Å². The zero-order chi connectivity index (χ0) is 14.5. The zero-order valence-corrected chi connectivity index (χ0v) is 12.2. The Kier molecular flexibility index (Phi) is 4.57. The van der Waals surface area contributed by atoms with Crippen LogP contribution < -0.4 is 4.74 Å². The van der Waals surface area contributed by atoms with E-state index in [1.165, 1.54) is 5.56 Å². The van der Waals surface area contributed by atoms with Crippen LogP contribution >= 0.6 is 0 Å². The van der Waals surface area contributed by atoms with Gasteiger partial charge < -0.3 is 4.74 Å². The van der Waals surface area contributed by atoms with Gasteiger partial charge in [-0.1, -0.05) is 50.2 Å². The van der Waals surface area contributed by atoms with E-state index in [0.29, 0.717) is 5.92 Å². The molecule has 104 valence electrons. The number of ketones is 1. The highest BCUT2D eigenvalue weighted by molar-refractivity contribution is 5.98. The molecule has 0 saturated carbocycles. The van der Waals surface area contributed by atoms with E-state index in [1.54, 1.807) is 0 Å². The predicted molar refractivity (Wildman–Crippen MR) is 81.5 cm³/mol. The van der Waals surface area contributed by atoms with Gasteiger partial charge in [0.1, 0.15) is 5.75 Å². The van der Waals surface area contributed by atoms with E-state index in [1.807, 2.05) is 55.5 Å². The molecular weight excluding hydrogens is 248 g/mol. The van der Waals surface area contributed by atoms with Gasteiger partial charge in [-0.15, -0.1) is 0 Å². The number of aryl methyl sites for hydroxylation is 1. The van der Waals surface area contributed by atoms with Crippen molar-refractivity contribution in [3.8, 4) is 5.75 Å². The Morgan fingerprint density at radius 2 is 1.70 bits per heavy atom. The van der Waals surface area contributed by atoms with Crippen molar-refractivity contribution in [2.24, 2.45) is 0 Å². The largest absolute Gasteiger partial charge is 0.485 e. The zero-order valence-electron chi connectivity index (χ0n) is 12.2. The molecule has 0 fully saturated rings. The van der Waals surface area contributed by atoms with Gasteiger partial charge in [0.05, 0.1) is 0 Å². The van der Waals surface area contributed by atoms with Crippen LogP contribution in [0.5, 0.6) is 5.75 Å². The number of hydrogen-bond donors (Lipinski definition) is 0.